The molecular weight excluding hydrogens is 511 g/mol. The van der Waals surface area contributed by atoms with Crippen molar-refractivity contribution in [1.29, 1.82) is 0 Å². The van der Waals surface area contributed by atoms with Crippen molar-refractivity contribution in [1.82, 2.24) is 15.6 Å². The number of guanidine groups is 1. The van der Waals surface area contributed by atoms with Gasteiger partial charge in [-0.2, -0.15) is 13.2 Å². The highest BCUT2D eigenvalue weighted by Gasteiger charge is 2.33. The van der Waals surface area contributed by atoms with Crippen molar-refractivity contribution in [3.05, 3.63) is 51.2 Å². The van der Waals surface area contributed by atoms with Crippen LogP contribution >= 0.6 is 35.3 Å². The molecule has 28 heavy (non-hydrogen) atoms. The number of hydrogen-bond acceptors (Lipinski definition) is 4. The molecule has 0 aliphatic rings. The van der Waals surface area contributed by atoms with Gasteiger partial charge < -0.3 is 15.4 Å². The van der Waals surface area contributed by atoms with Gasteiger partial charge in [-0.25, -0.2) is 14.4 Å². The predicted molar refractivity (Wildman–Crippen MR) is 111 cm³/mol. The number of aliphatic imine (C=N–C) groups is 1. The first-order valence-corrected chi connectivity index (χ1v) is 9.01. The Bertz CT molecular complexity index is 783. The summed E-state index contributed by atoms with van der Waals surface area (Å²) in [5, 5.41) is 7.24. The molecule has 2 rings (SSSR count). The Morgan fingerprint density at radius 3 is 2.64 bits per heavy atom. The SMILES string of the molecule is CCNC(=NCc1ccc(F)c(COC)c1)NCc1nc(C(F)(F)F)cs1.I. The molecule has 0 bridgehead atoms. The lowest BCUT2D eigenvalue weighted by molar-refractivity contribution is -0.140. The lowest BCUT2D eigenvalue weighted by Crippen LogP contribution is -2.36. The quantitative estimate of drug-likeness (QED) is 0.242. The molecule has 5 nitrogen and oxygen atoms in total. The molecule has 0 aliphatic carbocycles. The van der Waals surface area contributed by atoms with E-state index in [4.69, 9.17) is 4.74 Å². The van der Waals surface area contributed by atoms with Crippen LogP contribution in [-0.2, 0) is 30.6 Å². The van der Waals surface area contributed by atoms with Crippen LogP contribution in [-0.4, -0.2) is 24.6 Å². The Morgan fingerprint density at radius 2 is 2.04 bits per heavy atom. The van der Waals surface area contributed by atoms with E-state index in [-0.39, 0.29) is 49.5 Å². The molecule has 1 heterocycles. The number of benzene rings is 1. The van der Waals surface area contributed by atoms with Gasteiger partial charge in [-0.3, -0.25) is 0 Å². The van der Waals surface area contributed by atoms with Gasteiger partial charge in [0.25, 0.3) is 0 Å². The van der Waals surface area contributed by atoms with Crippen molar-refractivity contribution in [2.75, 3.05) is 13.7 Å². The van der Waals surface area contributed by atoms with Crippen molar-refractivity contribution in [2.45, 2.75) is 32.8 Å². The van der Waals surface area contributed by atoms with Crippen molar-refractivity contribution < 1.29 is 22.3 Å². The van der Waals surface area contributed by atoms with E-state index in [9.17, 15) is 17.6 Å². The minimum absolute atomic E-state index is 0. The molecular formula is C17H21F4IN4OS. The van der Waals surface area contributed by atoms with Crippen LogP contribution in [0.5, 0.6) is 0 Å². The summed E-state index contributed by atoms with van der Waals surface area (Å²) < 4.78 is 56.4. The Balaban J connectivity index is 0.00000392. The molecule has 0 saturated carbocycles. The van der Waals surface area contributed by atoms with E-state index < -0.39 is 11.9 Å². The van der Waals surface area contributed by atoms with E-state index in [0.717, 1.165) is 22.3 Å². The zero-order valence-electron chi connectivity index (χ0n) is 15.3. The summed E-state index contributed by atoms with van der Waals surface area (Å²) in [6, 6.07) is 4.65. The normalized spacial score (nSPS) is 11.9. The molecule has 0 saturated heterocycles. The number of nitrogens with one attached hydrogen (secondary N) is 2. The van der Waals surface area contributed by atoms with Crippen LogP contribution in [0.25, 0.3) is 0 Å². The monoisotopic (exact) mass is 532 g/mol. The van der Waals surface area contributed by atoms with E-state index in [1.54, 1.807) is 12.1 Å². The fourth-order valence-corrected chi connectivity index (χ4v) is 2.93. The first-order valence-electron chi connectivity index (χ1n) is 8.13. The molecule has 2 aromatic rings. The molecule has 2 N–H and O–H groups in total. The lowest BCUT2D eigenvalue weighted by Gasteiger charge is -2.10. The third-order valence-corrected chi connectivity index (χ3v) is 4.27. The van der Waals surface area contributed by atoms with E-state index in [2.05, 4.69) is 20.6 Å². The third kappa shape index (κ3) is 7.51. The number of hydrogen-bond donors (Lipinski definition) is 2. The topological polar surface area (TPSA) is 58.5 Å². The predicted octanol–water partition coefficient (Wildman–Crippen LogP) is 4.32. The standard InChI is InChI=1S/C17H20F4N4OS.HI/c1-3-22-16(24-8-15-25-14(10-27-15)17(19,20)21)23-7-11-4-5-13(18)12(6-11)9-26-2;/h4-6,10H,3,7-9H2,1-2H3,(H2,22,23,24);1H. The molecule has 0 unspecified atom stereocenters. The minimum Gasteiger partial charge on any atom is -0.380 e. The van der Waals surface area contributed by atoms with Gasteiger partial charge in [0.15, 0.2) is 11.7 Å². The zero-order valence-corrected chi connectivity index (χ0v) is 18.4. The summed E-state index contributed by atoms with van der Waals surface area (Å²) in [6.07, 6.45) is -4.45. The van der Waals surface area contributed by atoms with E-state index in [1.165, 1.54) is 13.2 Å². The number of nitrogens with zero attached hydrogens (tertiary/aromatic N) is 2. The summed E-state index contributed by atoms with van der Waals surface area (Å²) in [7, 11) is 1.49. The minimum atomic E-state index is -4.45. The Labute approximate surface area is 181 Å². The Kier molecular flexibility index (Phi) is 10.1. The Hall–Kier alpha value is -1.47. The fraction of sp³-hybridized carbons (Fsp3) is 0.412. The second-order valence-corrected chi connectivity index (χ2v) is 6.47. The van der Waals surface area contributed by atoms with Gasteiger partial charge in [0.2, 0.25) is 0 Å². The molecule has 0 spiro atoms. The summed E-state index contributed by atoms with van der Waals surface area (Å²) in [5.74, 6) is 0.0812. The maximum absolute atomic E-state index is 13.6. The highest BCUT2D eigenvalue weighted by Crippen LogP contribution is 2.29. The van der Waals surface area contributed by atoms with Crippen LogP contribution in [0.3, 0.4) is 0 Å². The van der Waals surface area contributed by atoms with Crippen LogP contribution in [0.1, 0.15) is 28.8 Å². The summed E-state index contributed by atoms with van der Waals surface area (Å²) in [6.45, 7) is 3.00. The van der Waals surface area contributed by atoms with Crippen molar-refractivity contribution >= 4 is 41.3 Å². The highest BCUT2D eigenvalue weighted by atomic mass is 127. The summed E-state index contributed by atoms with van der Waals surface area (Å²) >= 11 is 0.928. The maximum Gasteiger partial charge on any atom is 0.434 e. The van der Waals surface area contributed by atoms with Gasteiger partial charge in [0.05, 0.1) is 19.7 Å². The first-order chi connectivity index (χ1) is 12.8. The average Bonchev–Trinajstić information content (AvgIpc) is 3.09. The summed E-state index contributed by atoms with van der Waals surface area (Å²) in [4.78, 5) is 7.94. The van der Waals surface area contributed by atoms with E-state index in [1.807, 2.05) is 6.92 Å². The second kappa shape index (κ2) is 11.5. The highest BCUT2D eigenvalue weighted by molar-refractivity contribution is 14.0. The van der Waals surface area contributed by atoms with Crippen LogP contribution in [0.15, 0.2) is 28.6 Å². The van der Waals surface area contributed by atoms with Gasteiger partial charge in [0, 0.05) is 24.6 Å². The molecule has 156 valence electrons. The zero-order chi connectivity index (χ0) is 19.9. The van der Waals surface area contributed by atoms with Gasteiger partial charge in [-0.05, 0) is 24.6 Å². The van der Waals surface area contributed by atoms with Crippen molar-refractivity contribution in [2.24, 2.45) is 4.99 Å². The Morgan fingerprint density at radius 1 is 1.29 bits per heavy atom. The number of thiazole rings is 1. The van der Waals surface area contributed by atoms with Crippen LogP contribution < -0.4 is 10.6 Å². The van der Waals surface area contributed by atoms with Gasteiger partial charge >= 0.3 is 6.18 Å². The van der Waals surface area contributed by atoms with Gasteiger partial charge in [-0.15, -0.1) is 35.3 Å². The third-order valence-electron chi connectivity index (χ3n) is 3.42. The molecule has 0 radical (unpaired) electrons. The number of ether oxygens (including phenoxy) is 1. The number of methoxy groups -OCH3 is 1. The molecule has 0 amide bonds. The summed E-state index contributed by atoms with van der Waals surface area (Å²) in [5.41, 5.74) is 0.322. The van der Waals surface area contributed by atoms with Crippen molar-refractivity contribution in [3.63, 3.8) is 0 Å². The largest absolute Gasteiger partial charge is 0.434 e. The van der Waals surface area contributed by atoms with Gasteiger partial charge in [-0.1, -0.05) is 6.07 Å². The smallest absolute Gasteiger partial charge is 0.380 e. The fourth-order valence-electron chi connectivity index (χ4n) is 2.19. The molecule has 0 atom stereocenters. The number of aromatic nitrogens is 1. The first kappa shape index (κ1) is 24.6. The van der Waals surface area contributed by atoms with Gasteiger partial charge in [0.1, 0.15) is 10.8 Å². The molecule has 11 heteroatoms. The average molecular weight is 532 g/mol. The van der Waals surface area contributed by atoms with Crippen LogP contribution in [0, 0.1) is 5.82 Å². The van der Waals surface area contributed by atoms with E-state index in [0.29, 0.717) is 23.1 Å². The number of rotatable bonds is 7. The second-order valence-electron chi connectivity index (χ2n) is 5.53. The molecule has 0 fully saturated rings. The number of halogens is 5. The van der Waals surface area contributed by atoms with Crippen LogP contribution in [0.4, 0.5) is 17.6 Å². The molecule has 0 aliphatic heterocycles. The van der Waals surface area contributed by atoms with Crippen LogP contribution in [0.2, 0.25) is 0 Å². The van der Waals surface area contributed by atoms with Crippen molar-refractivity contribution in [3.8, 4) is 0 Å². The number of alkyl halides is 3. The molecule has 1 aromatic carbocycles. The maximum atomic E-state index is 13.6. The van der Waals surface area contributed by atoms with E-state index >= 15 is 0 Å². The lowest BCUT2D eigenvalue weighted by atomic mass is 10.1. The molecule has 1 aromatic heterocycles.